The van der Waals surface area contributed by atoms with Crippen LogP contribution in [0.5, 0.6) is 5.75 Å². The maximum atomic E-state index is 13.7. The van der Waals surface area contributed by atoms with Crippen molar-refractivity contribution in [3.05, 3.63) is 24.3 Å². The number of anilines is 1. The highest BCUT2D eigenvalue weighted by atomic mass is 16.5. The number of urea groups is 1. The fourth-order valence-corrected chi connectivity index (χ4v) is 5.13. The van der Waals surface area contributed by atoms with Gasteiger partial charge in [-0.1, -0.05) is 40.0 Å². The number of carboxylic acids is 1. The summed E-state index contributed by atoms with van der Waals surface area (Å²) < 4.78 is 5.15. The van der Waals surface area contributed by atoms with Gasteiger partial charge in [-0.3, -0.25) is 19.3 Å². The summed E-state index contributed by atoms with van der Waals surface area (Å²) in [5, 5.41) is 15.2. The number of ether oxygens (including phenoxy) is 1. The summed E-state index contributed by atoms with van der Waals surface area (Å²) in [4.78, 5) is 54.6. The monoisotopic (exact) mass is 516 g/mol. The van der Waals surface area contributed by atoms with Gasteiger partial charge in [-0.15, -0.1) is 0 Å². The number of hydrogen-bond donors (Lipinski definition) is 3. The standard InChI is InChI=1S/C27H40N4O6/c1-27(2,3)17-22(32)30-14-15-31(26(36)28-19-10-12-20(37-4)13-11-19)25(30)24(35)29-21(16-23(33)34)18-8-6-5-7-9-18/h10-13,18,21,25H,5-9,14-17H2,1-4H3,(H,28,36)(H,29,35)(H,33,34). The molecule has 1 aliphatic heterocycles. The molecule has 1 saturated carbocycles. The highest BCUT2D eigenvalue weighted by Gasteiger charge is 2.44. The third-order valence-electron chi connectivity index (χ3n) is 6.95. The molecule has 2 aliphatic rings. The topological polar surface area (TPSA) is 128 Å². The minimum absolute atomic E-state index is 0.0514. The first-order chi connectivity index (χ1) is 17.5. The Morgan fingerprint density at radius 3 is 2.22 bits per heavy atom. The van der Waals surface area contributed by atoms with Crippen molar-refractivity contribution in [1.29, 1.82) is 0 Å². The van der Waals surface area contributed by atoms with Crippen LogP contribution in [0, 0.1) is 11.3 Å². The molecule has 0 spiro atoms. The zero-order valence-corrected chi connectivity index (χ0v) is 22.3. The van der Waals surface area contributed by atoms with Crippen LogP contribution in [0.4, 0.5) is 10.5 Å². The minimum Gasteiger partial charge on any atom is -0.497 e. The normalized spacial score (nSPS) is 19.3. The van der Waals surface area contributed by atoms with E-state index in [2.05, 4.69) is 10.6 Å². The van der Waals surface area contributed by atoms with E-state index in [0.717, 1.165) is 32.1 Å². The highest BCUT2D eigenvalue weighted by Crippen LogP contribution is 2.29. The first-order valence-corrected chi connectivity index (χ1v) is 13.0. The van der Waals surface area contributed by atoms with Crippen molar-refractivity contribution in [3.8, 4) is 5.75 Å². The second kappa shape index (κ2) is 12.3. The Morgan fingerprint density at radius 1 is 1.03 bits per heavy atom. The van der Waals surface area contributed by atoms with Crippen LogP contribution in [-0.4, -0.2) is 71.1 Å². The maximum Gasteiger partial charge on any atom is 0.323 e. The second-order valence-corrected chi connectivity index (χ2v) is 11.2. The molecule has 2 atom stereocenters. The van der Waals surface area contributed by atoms with E-state index in [1.54, 1.807) is 31.4 Å². The second-order valence-electron chi connectivity index (χ2n) is 11.2. The molecule has 37 heavy (non-hydrogen) atoms. The molecule has 1 heterocycles. The number of nitrogens with zero attached hydrogens (tertiary/aromatic N) is 2. The van der Waals surface area contributed by atoms with E-state index in [-0.39, 0.29) is 43.2 Å². The molecule has 4 amide bonds. The van der Waals surface area contributed by atoms with Gasteiger partial charge in [0.1, 0.15) is 5.75 Å². The average molecular weight is 517 g/mol. The molecule has 0 radical (unpaired) electrons. The van der Waals surface area contributed by atoms with Crippen LogP contribution in [0.3, 0.4) is 0 Å². The lowest BCUT2D eigenvalue weighted by atomic mass is 9.82. The molecule has 10 heteroatoms. The lowest BCUT2D eigenvalue weighted by Gasteiger charge is -2.34. The van der Waals surface area contributed by atoms with Crippen molar-refractivity contribution in [3.63, 3.8) is 0 Å². The van der Waals surface area contributed by atoms with Crippen molar-refractivity contribution in [2.75, 3.05) is 25.5 Å². The number of rotatable bonds is 8. The lowest BCUT2D eigenvalue weighted by Crippen LogP contribution is -2.57. The zero-order chi connectivity index (χ0) is 27.2. The van der Waals surface area contributed by atoms with Crippen molar-refractivity contribution in [1.82, 2.24) is 15.1 Å². The summed E-state index contributed by atoms with van der Waals surface area (Å²) in [5.41, 5.74) is 0.223. The van der Waals surface area contributed by atoms with Gasteiger partial charge in [0.2, 0.25) is 5.91 Å². The molecule has 10 nitrogen and oxygen atoms in total. The minimum atomic E-state index is -1.16. The van der Waals surface area contributed by atoms with E-state index < -0.39 is 30.1 Å². The molecule has 0 bridgehead atoms. The van der Waals surface area contributed by atoms with Gasteiger partial charge in [0.05, 0.1) is 13.5 Å². The quantitative estimate of drug-likeness (QED) is 0.484. The summed E-state index contributed by atoms with van der Waals surface area (Å²) in [6.07, 6.45) is 3.63. The van der Waals surface area contributed by atoms with Gasteiger partial charge in [0.15, 0.2) is 6.17 Å². The fourth-order valence-electron chi connectivity index (χ4n) is 5.13. The Bertz CT molecular complexity index is 968. The summed E-state index contributed by atoms with van der Waals surface area (Å²) in [6, 6.07) is 5.74. The third kappa shape index (κ3) is 7.84. The van der Waals surface area contributed by atoms with Gasteiger partial charge >= 0.3 is 12.0 Å². The van der Waals surface area contributed by atoms with Gasteiger partial charge < -0.3 is 25.4 Å². The van der Waals surface area contributed by atoms with Crippen molar-refractivity contribution in [2.24, 2.45) is 11.3 Å². The van der Waals surface area contributed by atoms with Crippen LogP contribution in [-0.2, 0) is 14.4 Å². The molecule has 3 N–H and O–H groups in total. The van der Waals surface area contributed by atoms with E-state index in [4.69, 9.17) is 4.74 Å². The molecule has 1 saturated heterocycles. The molecule has 0 aromatic heterocycles. The molecule has 2 unspecified atom stereocenters. The summed E-state index contributed by atoms with van der Waals surface area (Å²) in [6.45, 7) is 6.22. The fraction of sp³-hybridized carbons (Fsp3) is 0.630. The van der Waals surface area contributed by atoms with Crippen LogP contribution >= 0.6 is 0 Å². The van der Waals surface area contributed by atoms with Crippen molar-refractivity contribution >= 4 is 29.5 Å². The van der Waals surface area contributed by atoms with Crippen LogP contribution in [0.1, 0.15) is 65.7 Å². The summed E-state index contributed by atoms with van der Waals surface area (Å²) in [7, 11) is 1.55. The Kier molecular flexibility index (Phi) is 9.39. The van der Waals surface area contributed by atoms with E-state index >= 15 is 0 Å². The first kappa shape index (κ1) is 28.3. The number of amides is 4. The Hall–Kier alpha value is -3.30. The smallest absolute Gasteiger partial charge is 0.323 e. The van der Waals surface area contributed by atoms with E-state index in [1.807, 2.05) is 20.8 Å². The number of hydrogen-bond acceptors (Lipinski definition) is 5. The molecule has 204 valence electrons. The van der Waals surface area contributed by atoms with E-state index in [0.29, 0.717) is 11.4 Å². The van der Waals surface area contributed by atoms with Crippen LogP contribution in [0.25, 0.3) is 0 Å². The first-order valence-electron chi connectivity index (χ1n) is 13.0. The SMILES string of the molecule is COc1ccc(NC(=O)N2CCN(C(=O)CC(C)(C)C)C2C(=O)NC(CC(=O)O)C2CCCCC2)cc1. The number of carbonyl (C=O) groups excluding carboxylic acids is 3. The molecular weight excluding hydrogens is 476 g/mol. The molecule has 1 aromatic rings. The Morgan fingerprint density at radius 2 is 1.65 bits per heavy atom. The van der Waals surface area contributed by atoms with Crippen LogP contribution in [0.15, 0.2) is 24.3 Å². The Labute approximate surface area is 218 Å². The zero-order valence-electron chi connectivity index (χ0n) is 22.3. The summed E-state index contributed by atoms with van der Waals surface area (Å²) in [5.74, 6) is -1.04. The van der Waals surface area contributed by atoms with Gasteiger partial charge in [0, 0.05) is 31.2 Å². The van der Waals surface area contributed by atoms with E-state index in [1.165, 1.54) is 9.80 Å². The van der Waals surface area contributed by atoms with Gasteiger partial charge in [0.25, 0.3) is 5.91 Å². The molecule has 3 rings (SSSR count). The third-order valence-corrected chi connectivity index (χ3v) is 6.95. The lowest BCUT2D eigenvalue weighted by molar-refractivity contribution is -0.144. The van der Waals surface area contributed by atoms with Crippen molar-refractivity contribution in [2.45, 2.75) is 77.9 Å². The number of benzene rings is 1. The van der Waals surface area contributed by atoms with Crippen molar-refractivity contribution < 1.29 is 29.0 Å². The number of nitrogens with one attached hydrogen (secondary N) is 2. The molecular formula is C27H40N4O6. The Balaban J connectivity index is 1.83. The predicted molar refractivity (Wildman–Crippen MR) is 139 cm³/mol. The largest absolute Gasteiger partial charge is 0.497 e. The predicted octanol–water partition coefficient (Wildman–Crippen LogP) is 3.67. The van der Waals surface area contributed by atoms with Crippen LogP contribution in [0.2, 0.25) is 0 Å². The number of carboxylic acid groups (broad SMARTS) is 1. The number of aliphatic carboxylic acids is 1. The van der Waals surface area contributed by atoms with E-state index in [9.17, 15) is 24.3 Å². The highest BCUT2D eigenvalue weighted by molar-refractivity contribution is 5.96. The maximum absolute atomic E-state index is 13.7. The molecule has 2 fully saturated rings. The average Bonchev–Trinajstić information content (AvgIpc) is 3.29. The van der Waals surface area contributed by atoms with Gasteiger partial charge in [-0.25, -0.2) is 4.79 Å². The molecule has 1 aromatic carbocycles. The van der Waals surface area contributed by atoms with Gasteiger partial charge in [-0.05, 0) is 48.4 Å². The number of carbonyl (C=O) groups is 4. The van der Waals surface area contributed by atoms with Crippen LogP contribution < -0.4 is 15.4 Å². The number of methoxy groups -OCH3 is 1. The molecule has 1 aliphatic carbocycles. The van der Waals surface area contributed by atoms with Gasteiger partial charge in [-0.2, -0.15) is 0 Å². The summed E-state index contributed by atoms with van der Waals surface area (Å²) >= 11 is 0.